The molecule has 0 radical (unpaired) electrons. The van der Waals surface area contributed by atoms with Crippen molar-refractivity contribution in [1.82, 2.24) is 9.55 Å². The minimum Gasteiger partial charge on any atom is -0.385 e. The number of amides is 1. The molecule has 0 aliphatic heterocycles. The summed E-state index contributed by atoms with van der Waals surface area (Å²) in [5, 5.41) is 9.58. The van der Waals surface area contributed by atoms with Crippen LogP contribution in [0.2, 0.25) is 0 Å². The highest BCUT2D eigenvalue weighted by Crippen LogP contribution is 2.26. The molecule has 0 fully saturated rings. The maximum Gasteiger partial charge on any atom is 0.262 e. The Morgan fingerprint density at radius 2 is 1.94 bits per heavy atom. The Morgan fingerprint density at radius 3 is 2.66 bits per heavy atom. The second-order valence-electron chi connectivity index (χ2n) is 7.21. The third-order valence-corrected chi connectivity index (χ3v) is 6.05. The summed E-state index contributed by atoms with van der Waals surface area (Å²) in [6, 6.07) is 18.6. The van der Waals surface area contributed by atoms with E-state index >= 15 is 0 Å². The molecular weight excluding hydrogens is 424 g/mol. The maximum absolute atomic E-state index is 13.3. The molecular formula is C24H26N4O3S. The minimum atomic E-state index is -0.504. The Hall–Kier alpha value is -3.15. The van der Waals surface area contributed by atoms with E-state index < -0.39 is 5.25 Å². The monoisotopic (exact) mass is 450 g/mol. The van der Waals surface area contributed by atoms with E-state index in [4.69, 9.17) is 15.0 Å². The number of thioether (sulfide) groups is 1. The first-order chi connectivity index (χ1) is 15.6. The lowest BCUT2D eigenvalue weighted by molar-refractivity contribution is -0.117. The topological polar surface area (TPSA) is 88.2 Å². The van der Waals surface area contributed by atoms with Crippen molar-refractivity contribution in [3.05, 3.63) is 65.0 Å². The summed E-state index contributed by atoms with van der Waals surface area (Å²) in [6.45, 7) is 3.07. The number of anilines is 1. The van der Waals surface area contributed by atoms with Gasteiger partial charge in [0, 0.05) is 32.5 Å². The fourth-order valence-electron chi connectivity index (χ4n) is 3.37. The van der Waals surface area contributed by atoms with Crippen LogP contribution in [0.15, 0.2) is 64.5 Å². The third-order valence-electron chi connectivity index (χ3n) is 4.97. The molecule has 0 saturated heterocycles. The zero-order chi connectivity index (χ0) is 22.9. The number of rotatable bonds is 10. The first-order valence-electron chi connectivity index (χ1n) is 10.5. The smallest absolute Gasteiger partial charge is 0.262 e. The average molecular weight is 451 g/mol. The standard InChI is InChI=1S/C24H26N4O3S/c1-18(22(29)27(15-8-14-25)19-10-4-3-5-11-19)32-24-26-21-13-7-6-12-20(21)23(30)28(24)16-9-17-31-2/h3-7,10-13,18H,8-9,15-17H2,1-2H3. The average Bonchev–Trinajstić information content (AvgIpc) is 2.82. The molecule has 2 aromatic carbocycles. The summed E-state index contributed by atoms with van der Waals surface area (Å²) in [5.41, 5.74) is 1.22. The molecule has 8 heteroatoms. The van der Waals surface area contributed by atoms with Crippen molar-refractivity contribution in [3.8, 4) is 6.07 Å². The van der Waals surface area contributed by atoms with E-state index in [1.165, 1.54) is 11.8 Å². The lowest BCUT2D eigenvalue weighted by Gasteiger charge is -2.25. The molecule has 7 nitrogen and oxygen atoms in total. The zero-order valence-electron chi connectivity index (χ0n) is 18.2. The van der Waals surface area contributed by atoms with Crippen molar-refractivity contribution in [3.63, 3.8) is 0 Å². The number of para-hydroxylation sites is 2. The van der Waals surface area contributed by atoms with Crippen LogP contribution in [-0.2, 0) is 16.1 Å². The van der Waals surface area contributed by atoms with Gasteiger partial charge in [0.25, 0.3) is 5.56 Å². The van der Waals surface area contributed by atoms with E-state index in [1.54, 1.807) is 35.6 Å². The van der Waals surface area contributed by atoms with Crippen molar-refractivity contribution in [2.75, 3.05) is 25.2 Å². The highest BCUT2D eigenvalue weighted by atomic mass is 32.2. The number of methoxy groups -OCH3 is 1. The summed E-state index contributed by atoms with van der Waals surface area (Å²) < 4.78 is 6.76. The van der Waals surface area contributed by atoms with E-state index in [9.17, 15) is 9.59 Å². The summed E-state index contributed by atoms with van der Waals surface area (Å²) in [5.74, 6) is -0.137. The molecule has 0 bridgehead atoms. The fourth-order valence-corrected chi connectivity index (χ4v) is 4.36. The molecule has 32 heavy (non-hydrogen) atoms. The van der Waals surface area contributed by atoms with Crippen LogP contribution in [-0.4, -0.2) is 41.0 Å². The molecule has 166 valence electrons. The van der Waals surface area contributed by atoms with Gasteiger partial charge in [-0.25, -0.2) is 4.98 Å². The van der Waals surface area contributed by atoms with Crippen LogP contribution >= 0.6 is 11.8 Å². The van der Waals surface area contributed by atoms with Gasteiger partial charge in [0.1, 0.15) is 0 Å². The molecule has 3 rings (SSSR count). The predicted octanol–water partition coefficient (Wildman–Crippen LogP) is 3.86. The molecule has 0 spiro atoms. The van der Waals surface area contributed by atoms with E-state index in [0.717, 1.165) is 5.69 Å². The first-order valence-corrected chi connectivity index (χ1v) is 11.3. The van der Waals surface area contributed by atoms with Crippen LogP contribution in [0.1, 0.15) is 19.8 Å². The molecule has 1 heterocycles. The number of fused-ring (bicyclic) bond motifs is 1. The second kappa shape index (κ2) is 11.5. The minimum absolute atomic E-state index is 0.127. The van der Waals surface area contributed by atoms with Gasteiger partial charge < -0.3 is 9.64 Å². The number of nitriles is 1. The molecule has 0 saturated carbocycles. The van der Waals surface area contributed by atoms with Gasteiger partial charge in [0.15, 0.2) is 5.16 Å². The number of benzene rings is 2. The zero-order valence-corrected chi connectivity index (χ0v) is 19.0. The highest BCUT2D eigenvalue weighted by molar-refractivity contribution is 8.00. The number of hydrogen-bond acceptors (Lipinski definition) is 6. The quantitative estimate of drug-likeness (QED) is 0.265. The molecule has 0 aliphatic rings. The van der Waals surface area contributed by atoms with Crippen molar-refractivity contribution < 1.29 is 9.53 Å². The van der Waals surface area contributed by atoms with E-state index in [1.807, 2.05) is 42.5 Å². The third kappa shape index (κ3) is 5.55. The van der Waals surface area contributed by atoms with Gasteiger partial charge in [-0.1, -0.05) is 42.1 Å². The number of ether oxygens (including phenoxy) is 1. The number of hydrogen-bond donors (Lipinski definition) is 0. The molecule has 1 unspecified atom stereocenters. The first kappa shape index (κ1) is 23.5. The summed E-state index contributed by atoms with van der Waals surface area (Å²) in [4.78, 5) is 32.8. The maximum atomic E-state index is 13.3. The van der Waals surface area contributed by atoms with Crippen LogP contribution in [0.4, 0.5) is 5.69 Å². The summed E-state index contributed by atoms with van der Waals surface area (Å²) >= 11 is 1.26. The van der Waals surface area contributed by atoms with Gasteiger partial charge in [-0.05, 0) is 37.6 Å². The molecule has 1 atom stereocenters. The van der Waals surface area contributed by atoms with Gasteiger partial charge in [-0.15, -0.1) is 0 Å². The van der Waals surface area contributed by atoms with E-state index in [2.05, 4.69) is 6.07 Å². The molecule has 3 aromatic rings. The van der Waals surface area contributed by atoms with Crippen LogP contribution in [0.3, 0.4) is 0 Å². The Balaban J connectivity index is 1.92. The normalized spacial score (nSPS) is 11.8. The Morgan fingerprint density at radius 1 is 1.22 bits per heavy atom. The van der Waals surface area contributed by atoms with Gasteiger partial charge in [-0.2, -0.15) is 5.26 Å². The number of carbonyl (C=O) groups excluding carboxylic acids is 1. The lowest BCUT2D eigenvalue weighted by Crippen LogP contribution is -2.37. The fraction of sp³-hybridized carbons (Fsp3) is 0.333. The van der Waals surface area contributed by atoms with Gasteiger partial charge >= 0.3 is 0 Å². The van der Waals surface area contributed by atoms with Gasteiger partial charge in [-0.3, -0.25) is 14.2 Å². The summed E-state index contributed by atoms with van der Waals surface area (Å²) in [6.07, 6.45) is 0.887. The van der Waals surface area contributed by atoms with E-state index in [-0.39, 0.29) is 17.9 Å². The lowest BCUT2D eigenvalue weighted by atomic mass is 10.2. The van der Waals surface area contributed by atoms with Crippen LogP contribution in [0.25, 0.3) is 10.9 Å². The van der Waals surface area contributed by atoms with Crippen LogP contribution in [0.5, 0.6) is 0 Å². The van der Waals surface area contributed by atoms with E-state index in [0.29, 0.717) is 42.2 Å². The predicted molar refractivity (Wildman–Crippen MR) is 127 cm³/mol. The Bertz CT molecular complexity index is 1160. The van der Waals surface area contributed by atoms with Gasteiger partial charge in [0.05, 0.1) is 28.6 Å². The van der Waals surface area contributed by atoms with Crippen molar-refractivity contribution >= 4 is 34.3 Å². The number of carbonyl (C=O) groups is 1. The van der Waals surface area contributed by atoms with Crippen molar-refractivity contribution in [2.24, 2.45) is 0 Å². The van der Waals surface area contributed by atoms with Gasteiger partial charge in [0.2, 0.25) is 5.91 Å². The highest BCUT2D eigenvalue weighted by Gasteiger charge is 2.25. The van der Waals surface area contributed by atoms with Crippen LogP contribution < -0.4 is 10.5 Å². The van der Waals surface area contributed by atoms with Crippen molar-refractivity contribution in [1.29, 1.82) is 5.26 Å². The second-order valence-corrected chi connectivity index (χ2v) is 8.52. The molecule has 1 amide bonds. The Kier molecular flexibility index (Phi) is 8.42. The SMILES string of the molecule is COCCCn1c(SC(C)C(=O)N(CCC#N)c2ccccc2)nc2ccccc2c1=O. The number of nitrogens with zero attached hydrogens (tertiary/aromatic N) is 4. The van der Waals surface area contributed by atoms with Crippen LogP contribution in [0, 0.1) is 11.3 Å². The summed E-state index contributed by atoms with van der Waals surface area (Å²) in [7, 11) is 1.62. The molecule has 0 N–H and O–H groups in total. The van der Waals surface area contributed by atoms with Crippen molar-refractivity contribution in [2.45, 2.75) is 36.7 Å². The molecule has 1 aromatic heterocycles. The molecule has 0 aliphatic carbocycles. The Labute approximate surface area is 191 Å². The largest absolute Gasteiger partial charge is 0.385 e. The number of aromatic nitrogens is 2.